The van der Waals surface area contributed by atoms with Crippen LogP contribution < -0.4 is 4.89 Å². The summed E-state index contributed by atoms with van der Waals surface area (Å²) in [5.74, 6) is 0. The van der Waals surface area contributed by atoms with Gasteiger partial charge in [0.15, 0.2) is 0 Å². The third-order valence-electron chi connectivity index (χ3n) is 5.08. The van der Waals surface area contributed by atoms with Gasteiger partial charge in [0.05, 0.1) is 18.5 Å². The summed E-state index contributed by atoms with van der Waals surface area (Å²) < 4.78 is 9.74. The Morgan fingerprint density at radius 3 is 1.15 bits per heavy atom. The molecular formula is C22H49O2P2+. The van der Waals surface area contributed by atoms with Crippen molar-refractivity contribution < 1.29 is 9.46 Å². The highest BCUT2D eigenvalue weighted by Gasteiger charge is 2.29. The zero-order chi connectivity index (χ0) is 20.3. The van der Waals surface area contributed by atoms with E-state index in [1.165, 1.54) is 77.0 Å². The van der Waals surface area contributed by atoms with Crippen molar-refractivity contribution in [2.24, 2.45) is 0 Å². The summed E-state index contributed by atoms with van der Waals surface area (Å²) >= 11 is 0. The lowest BCUT2D eigenvalue weighted by atomic mass is 10.2. The van der Waals surface area contributed by atoms with E-state index < -0.39 is 15.3 Å². The van der Waals surface area contributed by atoms with Gasteiger partial charge in [-0.25, -0.2) is 0 Å². The molecule has 1 unspecified atom stereocenters. The van der Waals surface area contributed by atoms with Crippen molar-refractivity contribution in [3.8, 4) is 0 Å². The fourth-order valence-electron chi connectivity index (χ4n) is 3.10. The minimum absolute atomic E-state index is 0.194. The zero-order valence-corrected chi connectivity index (χ0v) is 20.7. The molecule has 0 N–H and O–H groups in total. The van der Waals surface area contributed by atoms with Gasteiger partial charge in [0.1, 0.15) is 5.66 Å². The van der Waals surface area contributed by atoms with Crippen LogP contribution in [0.3, 0.4) is 0 Å². The molecule has 0 aromatic carbocycles. The molecule has 0 aliphatic rings. The van der Waals surface area contributed by atoms with E-state index in [9.17, 15) is 9.46 Å². The number of rotatable bonds is 16. The number of hydrogen-bond acceptors (Lipinski definition) is 2. The average Bonchev–Trinajstić information content (AvgIpc) is 2.60. The van der Waals surface area contributed by atoms with Crippen molar-refractivity contribution in [3.63, 3.8) is 0 Å². The van der Waals surface area contributed by atoms with Crippen LogP contribution in [-0.2, 0) is 4.57 Å². The Labute approximate surface area is 167 Å². The molecule has 0 aromatic rings. The van der Waals surface area contributed by atoms with Crippen molar-refractivity contribution in [1.29, 1.82) is 0 Å². The lowest BCUT2D eigenvalue weighted by Gasteiger charge is -2.23. The first-order valence-corrected chi connectivity index (χ1v) is 15.3. The van der Waals surface area contributed by atoms with Crippen molar-refractivity contribution in [2.45, 2.75) is 117 Å². The largest absolute Gasteiger partial charge is 0.595 e. The summed E-state index contributed by atoms with van der Waals surface area (Å²) in [7, 11) is -2.75. The SMILES string of the molecule is CC(C)[P+](=O)[O-].CCCCCC[P+](C)(CCCCCC)CCCCCC. The molecule has 0 fully saturated rings. The second-order valence-electron chi connectivity index (χ2n) is 8.35. The standard InChI is InChI=1S/C19H42P.C3H7O2P/c1-5-8-11-14-17-20(4,18-15-12-9-6-2)19-16-13-10-7-3;1-3(2)6(4)5/h5-19H2,1-4H3;3H,1-2H3/q+1;. The van der Waals surface area contributed by atoms with E-state index in [4.69, 9.17) is 0 Å². The lowest BCUT2D eigenvalue weighted by molar-refractivity contribution is -0.165. The molecule has 2 nitrogen and oxygen atoms in total. The van der Waals surface area contributed by atoms with Crippen molar-refractivity contribution in [3.05, 3.63) is 0 Å². The second-order valence-corrected chi connectivity index (χ2v) is 14.5. The Hall–Kier alpha value is 0.490. The highest BCUT2D eigenvalue weighted by atomic mass is 31.2. The van der Waals surface area contributed by atoms with Gasteiger partial charge in [-0.15, -0.1) is 0 Å². The Morgan fingerprint density at radius 2 is 0.962 bits per heavy atom. The third kappa shape index (κ3) is 20.8. The van der Waals surface area contributed by atoms with E-state index in [0.717, 1.165) is 0 Å². The predicted octanol–water partition coefficient (Wildman–Crippen LogP) is 7.87. The van der Waals surface area contributed by atoms with Crippen molar-refractivity contribution >= 4 is 15.3 Å². The van der Waals surface area contributed by atoms with E-state index in [1.807, 2.05) is 0 Å². The maximum atomic E-state index is 9.74. The molecule has 0 spiro atoms. The quantitative estimate of drug-likeness (QED) is 0.193. The smallest absolute Gasteiger partial charge is 0.311 e. The first-order valence-electron chi connectivity index (χ1n) is 11.3. The zero-order valence-electron chi connectivity index (χ0n) is 18.9. The molecule has 0 saturated carbocycles. The van der Waals surface area contributed by atoms with E-state index in [2.05, 4.69) is 27.4 Å². The van der Waals surface area contributed by atoms with Gasteiger partial charge in [-0.1, -0.05) is 63.9 Å². The van der Waals surface area contributed by atoms with Crippen molar-refractivity contribution in [1.82, 2.24) is 0 Å². The van der Waals surface area contributed by atoms with Gasteiger partial charge in [0.2, 0.25) is 0 Å². The average molecular weight is 408 g/mol. The molecule has 0 radical (unpaired) electrons. The summed E-state index contributed by atoms with van der Waals surface area (Å²) in [6.45, 7) is 13.0. The van der Waals surface area contributed by atoms with Crippen LogP contribution in [0.4, 0.5) is 0 Å². The highest BCUT2D eigenvalue weighted by Crippen LogP contribution is 2.57. The minimum Gasteiger partial charge on any atom is -0.595 e. The molecule has 0 aromatic heterocycles. The van der Waals surface area contributed by atoms with E-state index in [-0.39, 0.29) is 5.66 Å². The first-order chi connectivity index (χ1) is 12.3. The van der Waals surface area contributed by atoms with Gasteiger partial charge in [0, 0.05) is 13.9 Å². The van der Waals surface area contributed by atoms with Crippen LogP contribution in [0.2, 0.25) is 0 Å². The predicted molar refractivity (Wildman–Crippen MR) is 123 cm³/mol. The fourth-order valence-corrected chi connectivity index (χ4v) is 6.73. The summed E-state index contributed by atoms with van der Waals surface area (Å²) in [6.07, 6.45) is 22.2. The van der Waals surface area contributed by atoms with Gasteiger partial charge in [-0.3, -0.25) is 0 Å². The maximum absolute atomic E-state index is 9.74. The van der Waals surface area contributed by atoms with Gasteiger partial charge in [-0.05, 0) is 52.4 Å². The van der Waals surface area contributed by atoms with Crippen LogP contribution in [-0.4, -0.2) is 30.8 Å². The first kappa shape index (κ1) is 28.7. The molecule has 0 bridgehead atoms. The number of unbranched alkanes of at least 4 members (excludes halogenated alkanes) is 9. The van der Waals surface area contributed by atoms with Crippen LogP contribution in [0.25, 0.3) is 0 Å². The van der Waals surface area contributed by atoms with Crippen LogP contribution in [0.1, 0.15) is 112 Å². The lowest BCUT2D eigenvalue weighted by Crippen LogP contribution is -2.07. The topological polar surface area (TPSA) is 40.1 Å². The Balaban J connectivity index is 0. The van der Waals surface area contributed by atoms with E-state index in [0.29, 0.717) is 0 Å². The molecule has 0 aliphatic heterocycles. The van der Waals surface area contributed by atoms with E-state index in [1.54, 1.807) is 32.3 Å². The van der Waals surface area contributed by atoms with Crippen molar-refractivity contribution in [2.75, 3.05) is 25.2 Å². The summed E-state index contributed by atoms with van der Waals surface area (Å²) in [6, 6.07) is 0. The highest BCUT2D eigenvalue weighted by molar-refractivity contribution is 7.75. The Kier molecular flexibility index (Phi) is 22.3. The molecule has 158 valence electrons. The molecule has 1 atom stereocenters. The van der Waals surface area contributed by atoms with E-state index >= 15 is 0 Å². The van der Waals surface area contributed by atoms with Gasteiger partial charge < -0.3 is 4.89 Å². The molecule has 4 heteroatoms. The summed E-state index contributed by atoms with van der Waals surface area (Å²) in [5.41, 5.74) is -0.194. The summed E-state index contributed by atoms with van der Waals surface area (Å²) in [4.78, 5) is 9.74. The second kappa shape index (κ2) is 20.2. The van der Waals surface area contributed by atoms with Gasteiger partial charge >= 0.3 is 8.03 Å². The van der Waals surface area contributed by atoms with Gasteiger partial charge in [0.25, 0.3) is 0 Å². The minimum atomic E-state index is -2.16. The van der Waals surface area contributed by atoms with Crippen LogP contribution in [0.15, 0.2) is 0 Å². The normalized spacial score (nSPS) is 12.1. The molecule has 0 aliphatic carbocycles. The number of hydrogen-bond donors (Lipinski definition) is 0. The van der Waals surface area contributed by atoms with Crippen LogP contribution >= 0.6 is 15.3 Å². The van der Waals surface area contributed by atoms with Gasteiger partial charge in [-0.2, -0.15) is 0 Å². The molecular weight excluding hydrogens is 358 g/mol. The molecule has 26 heavy (non-hydrogen) atoms. The monoisotopic (exact) mass is 407 g/mol. The molecule has 0 amide bonds. The summed E-state index contributed by atoms with van der Waals surface area (Å²) in [5, 5.41) is 0. The Morgan fingerprint density at radius 1 is 0.692 bits per heavy atom. The van der Waals surface area contributed by atoms with Crippen LogP contribution in [0, 0.1) is 0 Å². The maximum Gasteiger partial charge on any atom is 0.311 e. The molecule has 0 heterocycles. The van der Waals surface area contributed by atoms with Crippen LogP contribution in [0.5, 0.6) is 0 Å². The fraction of sp³-hybridized carbons (Fsp3) is 1.00. The third-order valence-corrected chi connectivity index (χ3v) is 10.1. The molecule has 0 rings (SSSR count). The molecule has 0 saturated heterocycles. The Bertz CT molecular complexity index is 275.